The van der Waals surface area contributed by atoms with E-state index in [1.165, 1.54) is 7.05 Å². The van der Waals surface area contributed by atoms with Gasteiger partial charge in [-0.05, 0) is 18.2 Å². The predicted octanol–water partition coefficient (Wildman–Crippen LogP) is 0.283. The molecule has 1 aliphatic rings. The normalized spacial score (nSPS) is 12.4. The molecule has 1 aliphatic heterocycles. The van der Waals surface area contributed by atoms with Gasteiger partial charge in [0.2, 0.25) is 11.8 Å². The summed E-state index contributed by atoms with van der Waals surface area (Å²) < 4.78 is 10.8. The monoisotopic (exact) mass is 306 g/mol. The van der Waals surface area contributed by atoms with Crippen molar-refractivity contribution in [2.75, 3.05) is 26.8 Å². The highest BCUT2D eigenvalue weighted by atomic mass is 16.6. The lowest BCUT2D eigenvalue weighted by atomic mass is 10.1. The summed E-state index contributed by atoms with van der Waals surface area (Å²) in [4.78, 5) is 34.6. The Kier molecular flexibility index (Phi) is 5.35. The molecule has 2 N–H and O–H groups in total. The Morgan fingerprint density at radius 3 is 2.50 bits per heavy atom. The van der Waals surface area contributed by atoms with Crippen LogP contribution in [0, 0.1) is 0 Å². The average Bonchev–Trinajstić information content (AvgIpc) is 2.56. The Labute approximate surface area is 128 Å². The van der Waals surface area contributed by atoms with Crippen molar-refractivity contribution in [3.8, 4) is 11.5 Å². The maximum Gasteiger partial charge on any atom is 0.239 e. The summed E-state index contributed by atoms with van der Waals surface area (Å²) in [6.07, 6.45) is 0.101. The van der Waals surface area contributed by atoms with E-state index in [-0.39, 0.29) is 37.0 Å². The first kappa shape index (κ1) is 15.8. The van der Waals surface area contributed by atoms with Crippen LogP contribution in [-0.2, 0) is 9.59 Å². The zero-order valence-corrected chi connectivity index (χ0v) is 12.3. The molecule has 0 aromatic heterocycles. The minimum absolute atomic E-state index is 0.0320. The summed E-state index contributed by atoms with van der Waals surface area (Å²) in [7, 11) is 1.49. The second kappa shape index (κ2) is 7.44. The third-order valence-electron chi connectivity index (χ3n) is 3.17. The van der Waals surface area contributed by atoms with Gasteiger partial charge in [0, 0.05) is 25.5 Å². The third-order valence-corrected chi connectivity index (χ3v) is 3.17. The number of amides is 2. The van der Waals surface area contributed by atoms with Crippen LogP contribution in [0.3, 0.4) is 0 Å². The number of nitrogens with one attached hydrogen (secondary N) is 2. The maximum atomic E-state index is 12.1. The van der Waals surface area contributed by atoms with Crippen LogP contribution < -0.4 is 20.1 Å². The summed E-state index contributed by atoms with van der Waals surface area (Å²) in [5.74, 6) is 0.375. The number of benzene rings is 1. The molecule has 22 heavy (non-hydrogen) atoms. The lowest BCUT2D eigenvalue weighted by molar-refractivity contribution is -0.125. The van der Waals surface area contributed by atoms with Crippen LogP contribution in [0.5, 0.6) is 11.5 Å². The Morgan fingerprint density at radius 1 is 1.05 bits per heavy atom. The first-order valence-corrected chi connectivity index (χ1v) is 7.00. The number of ketones is 1. The van der Waals surface area contributed by atoms with Gasteiger partial charge in [0.15, 0.2) is 17.3 Å². The van der Waals surface area contributed by atoms with E-state index in [1.54, 1.807) is 18.2 Å². The Balaban J connectivity index is 1.84. The highest BCUT2D eigenvalue weighted by molar-refractivity contribution is 5.98. The van der Waals surface area contributed by atoms with Gasteiger partial charge in [-0.1, -0.05) is 0 Å². The lowest BCUT2D eigenvalue weighted by Gasteiger charge is -2.18. The van der Waals surface area contributed by atoms with Gasteiger partial charge < -0.3 is 20.1 Å². The van der Waals surface area contributed by atoms with Crippen molar-refractivity contribution in [2.24, 2.45) is 0 Å². The fourth-order valence-electron chi connectivity index (χ4n) is 1.94. The number of likely N-dealkylation sites (N-methyl/N-ethyl adjacent to an activating group) is 1. The molecule has 0 bridgehead atoms. The van der Waals surface area contributed by atoms with Crippen molar-refractivity contribution in [1.29, 1.82) is 0 Å². The van der Waals surface area contributed by atoms with Gasteiger partial charge in [0.1, 0.15) is 13.2 Å². The van der Waals surface area contributed by atoms with Crippen LogP contribution in [-0.4, -0.2) is 44.4 Å². The van der Waals surface area contributed by atoms with E-state index in [2.05, 4.69) is 10.6 Å². The highest BCUT2D eigenvalue weighted by Gasteiger charge is 2.15. The van der Waals surface area contributed by atoms with Gasteiger partial charge in [-0.25, -0.2) is 0 Å². The molecule has 0 saturated carbocycles. The van der Waals surface area contributed by atoms with Gasteiger partial charge in [-0.3, -0.25) is 14.4 Å². The number of carbonyl (C=O) groups excluding carboxylic acids is 3. The number of rotatable bonds is 6. The second-order valence-electron chi connectivity index (χ2n) is 4.73. The molecule has 0 aliphatic carbocycles. The first-order valence-electron chi connectivity index (χ1n) is 7.00. The summed E-state index contributed by atoms with van der Waals surface area (Å²) in [6.45, 7) is 0.853. The zero-order valence-electron chi connectivity index (χ0n) is 12.3. The number of fused-ring (bicyclic) bond motifs is 1. The number of Topliss-reactive ketones (excluding diaryl/α,β-unsaturated/α-hetero) is 1. The van der Waals surface area contributed by atoms with E-state index in [9.17, 15) is 14.4 Å². The Hall–Kier alpha value is -2.57. The summed E-state index contributed by atoms with van der Waals surface area (Å²) in [5.41, 5.74) is 0.475. The van der Waals surface area contributed by atoms with Crippen molar-refractivity contribution < 1.29 is 23.9 Å². The van der Waals surface area contributed by atoms with Crippen molar-refractivity contribution in [1.82, 2.24) is 10.6 Å². The number of carbonyl (C=O) groups is 3. The molecule has 118 valence electrons. The van der Waals surface area contributed by atoms with E-state index >= 15 is 0 Å². The molecule has 0 saturated heterocycles. The van der Waals surface area contributed by atoms with Gasteiger partial charge >= 0.3 is 0 Å². The quantitative estimate of drug-likeness (QED) is 0.736. The van der Waals surface area contributed by atoms with Gasteiger partial charge in [0.25, 0.3) is 0 Å². The molecule has 0 atom stereocenters. The van der Waals surface area contributed by atoms with Crippen molar-refractivity contribution in [2.45, 2.75) is 12.8 Å². The van der Waals surface area contributed by atoms with Gasteiger partial charge in [-0.2, -0.15) is 0 Å². The molecule has 7 heteroatoms. The molecular weight excluding hydrogens is 288 g/mol. The van der Waals surface area contributed by atoms with Crippen LogP contribution >= 0.6 is 0 Å². The minimum Gasteiger partial charge on any atom is -0.486 e. The van der Waals surface area contributed by atoms with Crippen molar-refractivity contribution in [3.63, 3.8) is 0 Å². The average molecular weight is 306 g/mol. The first-order chi connectivity index (χ1) is 10.6. The summed E-state index contributed by atoms with van der Waals surface area (Å²) in [5, 5.41) is 4.84. The zero-order chi connectivity index (χ0) is 15.9. The van der Waals surface area contributed by atoms with E-state index < -0.39 is 0 Å². The Morgan fingerprint density at radius 2 is 1.77 bits per heavy atom. The molecule has 1 heterocycles. The van der Waals surface area contributed by atoms with E-state index in [0.717, 1.165) is 0 Å². The smallest absolute Gasteiger partial charge is 0.239 e. The fourth-order valence-corrected chi connectivity index (χ4v) is 1.94. The number of hydrogen-bond acceptors (Lipinski definition) is 5. The summed E-state index contributed by atoms with van der Waals surface area (Å²) in [6, 6.07) is 4.96. The molecule has 1 aromatic carbocycles. The molecular formula is C15H18N2O5. The Bertz CT molecular complexity index is 585. The second-order valence-corrected chi connectivity index (χ2v) is 4.73. The van der Waals surface area contributed by atoms with E-state index in [1.807, 2.05) is 0 Å². The van der Waals surface area contributed by atoms with Gasteiger partial charge in [-0.15, -0.1) is 0 Å². The van der Waals surface area contributed by atoms with Crippen molar-refractivity contribution >= 4 is 17.6 Å². The minimum atomic E-state index is -0.338. The maximum absolute atomic E-state index is 12.1. The summed E-state index contributed by atoms with van der Waals surface area (Å²) >= 11 is 0. The highest BCUT2D eigenvalue weighted by Crippen LogP contribution is 2.31. The number of hydrogen-bond donors (Lipinski definition) is 2. The van der Waals surface area contributed by atoms with E-state index in [4.69, 9.17) is 9.47 Å². The van der Waals surface area contributed by atoms with Crippen LogP contribution in [0.1, 0.15) is 23.2 Å². The molecule has 2 amide bonds. The van der Waals surface area contributed by atoms with Crippen LogP contribution in [0.4, 0.5) is 0 Å². The SMILES string of the molecule is CNC(=O)CNC(=O)CCC(=O)c1ccc2c(c1)OCCO2. The fraction of sp³-hybridized carbons (Fsp3) is 0.400. The third kappa shape index (κ3) is 4.21. The van der Waals surface area contributed by atoms with Crippen LogP contribution in [0.15, 0.2) is 18.2 Å². The van der Waals surface area contributed by atoms with E-state index in [0.29, 0.717) is 30.3 Å². The van der Waals surface area contributed by atoms with Crippen molar-refractivity contribution in [3.05, 3.63) is 23.8 Å². The molecule has 1 aromatic rings. The van der Waals surface area contributed by atoms with Crippen LogP contribution in [0.2, 0.25) is 0 Å². The lowest BCUT2D eigenvalue weighted by Crippen LogP contribution is -2.35. The van der Waals surface area contributed by atoms with Gasteiger partial charge in [0.05, 0.1) is 6.54 Å². The topological polar surface area (TPSA) is 93.7 Å². The molecule has 7 nitrogen and oxygen atoms in total. The number of ether oxygens (including phenoxy) is 2. The molecule has 0 fully saturated rings. The standard InChI is InChI=1S/C15H18N2O5/c1-16-15(20)9-17-14(19)5-3-11(18)10-2-4-12-13(8-10)22-7-6-21-12/h2,4,8H,3,5-7,9H2,1H3,(H,16,20)(H,17,19). The molecule has 0 unspecified atom stereocenters. The van der Waals surface area contributed by atoms with Crippen LogP contribution in [0.25, 0.3) is 0 Å². The molecule has 0 spiro atoms. The molecule has 2 rings (SSSR count). The molecule has 0 radical (unpaired) electrons. The largest absolute Gasteiger partial charge is 0.486 e. The predicted molar refractivity (Wildman–Crippen MR) is 78.1 cm³/mol.